The highest BCUT2D eigenvalue weighted by Gasteiger charge is 2.30. The number of anilines is 1. The third kappa shape index (κ3) is 3.28. The minimum atomic E-state index is -0.795. The molecule has 0 atom stereocenters. The summed E-state index contributed by atoms with van der Waals surface area (Å²) in [7, 11) is 0. The van der Waals surface area contributed by atoms with Gasteiger partial charge in [-0.3, -0.25) is 14.4 Å². The molecule has 126 valence electrons. The van der Waals surface area contributed by atoms with Gasteiger partial charge in [0.25, 0.3) is 5.56 Å². The second-order valence-electron chi connectivity index (χ2n) is 6.10. The molecule has 0 aliphatic heterocycles. The Labute approximate surface area is 142 Å². The molecule has 1 amide bonds. The first-order valence-corrected chi connectivity index (χ1v) is 8.18. The number of aliphatic carboxylic acids is 1. The van der Waals surface area contributed by atoms with E-state index in [4.69, 9.17) is 16.7 Å². The number of hydrogen-bond acceptors (Lipinski definition) is 3. The number of amides is 1. The Balaban J connectivity index is 1.75. The van der Waals surface area contributed by atoms with E-state index in [-0.39, 0.29) is 23.3 Å². The van der Waals surface area contributed by atoms with Gasteiger partial charge in [-0.25, -0.2) is 0 Å². The lowest BCUT2D eigenvalue weighted by molar-refractivity contribution is -0.143. The molecule has 0 bridgehead atoms. The van der Waals surface area contributed by atoms with Gasteiger partial charge in [0.05, 0.1) is 16.6 Å². The van der Waals surface area contributed by atoms with Crippen molar-refractivity contribution in [3.63, 3.8) is 0 Å². The normalized spacial score (nSPS) is 20.7. The predicted octanol–water partition coefficient (Wildman–Crippen LogP) is 3.01. The maximum atomic E-state index is 12.4. The average molecular weight is 349 g/mol. The average Bonchev–Trinajstić information content (AvgIpc) is 2.56. The van der Waals surface area contributed by atoms with Crippen molar-refractivity contribution in [2.75, 3.05) is 5.32 Å². The molecule has 0 unspecified atom stereocenters. The second kappa shape index (κ2) is 6.65. The number of nitrogens with one attached hydrogen (secondary N) is 2. The highest BCUT2D eigenvalue weighted by atomic mass is 35.5. The number of aromatic nitrogens is 1. The van der Waals surface area contributed by atoms with E-state index in [0.29, 0.717) is 47.2 Å². The van der Waals surface area contributed by atoms with E-state index in [2.05, 4.69) is 10.3 Å². The van der Waals surface area contributed by atoms with Gasteiger partial charge in [-0.2, -0.15) is 0 Å². The summed E-state index contributed by atoms with van der Waals surface area (Å²) in [5.74, 6) is -1.53. The number of carboxylic acids is 1. The Kier molecular flexibility index (Phi) is 4.57. The number of carboxylic acid groups (broad SMARTS) is 1. The molecule has 0 radical (unpaired) electrons. The zero-order valence-corrected chi connectivity index (χ0v) is 13.6. The van der Waals surface area contributed by atoms with Gasteiger partial charge in [-0.05, 0) is 49.3 Å². The molecule has 24 heavy (non-hydrogen) atoms. The highest BCUT2D eigenvalue weighted by Crippen LogP contribution is 2.31. The van der Waals surface area contributed by atoms with E-state index >= 15 is 0 Å². The van der Waals surface area contributed by atoms with Gasteiger partial charge >= 0.3 is 5.97 Å². The number of fused-ring (bicyclic) bond motifs is 1. The Bertz CT molecular complexity index is 853. The second-order valence-corrected chi connectivity index (χ2v) is 6.51. The third-order valence-corrected chi connectivity index (χ3v) is 4.88. The number of H-pyrrole nitrogens is 1. The summed E-state index contributed by atoms with van der Waals surface area (Å²) in [6, 6.07) is 4.95. The van der Waals surface area contributed by atoms with E-state index in [9.17, 15) is 14.4 Å². The molecule has 2 aromatic rings. The van der Waals surface area contributed by atoms with Crippen molar-refractivity contribution in [1.82, 2.24) is 4.98 Å². The van der Waals surface area contributed by atoms with E-state index < -0.39 is 5.97 Å². The molecule has 1 aliphatic carbocycles. The van der Waals surface area contributed by atoms with Crippen LogP contribution in [0.3, 0.4) is 0 Å². The summed E-state index contributed by atoms with van der Waals surface area (Å²) < 4.78 is 0. The van der Waals surface area contributed by atoms with Crippen LogP contribution < -0.4 is 10.9 Å². The fraction of sp³-hybridized carbons (Fsp3) is 0.353. The quantitative estimate of drug-likeness (QED) is 0.793. The first kappa shape index (κ1) is 16.5. The van der Waals surface area contributed by atoms with Gasteiger partial charge in [0, 0.05) is 17.5 Å². The number of pyridine rings is 1. The summed E-state index contributed by atoms with van der Waals surface area (Å²) in [5, 5.41) is 13.3. The van der Waals surface area contributed by atoms with Crippen molar-refractivity contribution in [3.8, 4) is 0 Å². The molecule has 1 heterocycles. The van der Waals surface area contributed by atoms with Crippen LogP contribution in [0.4, 0.5) is 5.69 Å². The molecule has 1 aliphatic rings. The van der Waals surface area contributed by atoms with Gasteiger partial charge in [0.2, 0.25) is 5.91 Å². The van der Waals surface area contributed by atoms with Crippen LogP contribution in [0, 0.1) is 11.8 Å². The largest absolute Gasteiger partial charge is 0.481 e. The molecule has 3 N–H and O–H groups in total. The minimum Gasteiger partial charge on any atom is -0.481 e. The molecule has 1 saturated carbocycles. The van der Waals surface area contributed by atoms with E-state index in [0.717, 1.165) is 0 Å². The minimum absolute atomic E-state index is 0.162. The summed E-state index contributed by atoms with van der Waals surface area (Å²) in [4.78, 5) is 37.7. The van der Waals surface area contributed by atoms with Gasteiger partial charge in [0.1, 0.15) is 0 Å². The molecule has 0 spiro atoms. The summed E-state index contributed by atoms with van der Waals surface area (Å²) in [6.07, 6.45) is 3.65. The first-order valence-electron chi connectivity index (χ1n) is 7.80. The maximum Gasteiger partial charge on any atom is 0.306 e. The predicted molar refractivity (Wildman–Crippen MR) is 91.3 cm³/mol. The zero-order chi connectivity index (χ0) is 17.3. The molecule has 1 fully saturated rings. The van der Waals surface area contributed by atoms with Gasteiger partial charge in [-0.1, -0.05) is 11.6 Å². The Morgan fingerprint density at radius 2 is 1.83 bits per heavy atom. The molecule has 3 rings (SSSR count). The van der Waals surface area contributed by atoms with Crippen LogP contribution in [0.25, 0.3) is 10.8 Å². The molecule has 1 aromatic carbocycles. The number of rotatable bonds is 3. The monoisotopic (exact) mass is 348 g/mol. The number of aromatic amines is 1. The van der Waals surface area contributed by atoms with Crippen LogP contribution in [0.1, 0.15) is 25.7 Å². The lowest BCUT2D eigenvalue weighted by atomic mass is 9.81. The fourth-order valence-electron chi connectivity index (χ4n) is 3.14. The van der Waals surface area contributed by atoms with Crippen LogP contribution in [-0.4, -0.2) is 22.0 Å². The van der Waals surface area contributed by atoms with Crippen molar-refractivity contribution >= 4 is 39.9 Å². The summed E-state index contributed by atoms with van der Waals surface area (Å²) in [5.41, 5.74) is 0.222. The lowest BCUT2D eigenvalue weighted by Crippen LogP contribution is -2.29. The van der Waals surface area contributed by atoms with Crippen molar-refractivity contribution in [3.05, 3.63) is 39.8 Å². The molecule has 6 nitrogen and oxygen atoms in total. The van der Waals surface area contributed by atoms with Crippen LogP contribution in [-0.2, 0) is 9.59 Å². The Morgan fingerprint density at radius 3 is 2.50 bits per heavy atom. The summed E-state index contributed by atoms with van der Waals surface area (Å²) in [6.45, 7) is 0. The lowest BCUT2D eigenvalue weighted by Gasteiger charge is -2.25. The molecule has 0 saturated heterocycles. The Morgan fingerprint density at radius 1 is 1.17 bits per heavy atom. The van der Waals surface area contributed by atoms with Gasteiger partial charge < -0.3 is 15.4 Å². The van der Waals surface area contributed by atoms with E-state index in [1.54, 1.807) is 12.1 Å². The standard InChI is InChI=1S/C17H17ClN2O4/c18-13-8-12-11(5-6-19-16(12)22)7-14(13)20-15(21)9-1-3-10(4-2-9)17(23)24/h5-10H,1-4H2,(H,19,22)(H,20,21)(H,23,24)/t9-,10-. The van der Waals surface area contributed by atoms with Crippen LogP contribution in [0.2, 0.25) is 5.02 Å². The Hall–Kier alpha value is -2.34. The SMILES string of the molecule is O=c1[nH]ccc2cc(NC(=O)[C@H]3CC[C@H](C(=O)O)CC3)c(Cl)cc12. The smallest absolute Gasteiger partial charge is 0.306 e. The number of benzene rings is 1. The zero-order valence-electron chi connectivity index (χ0n) is 12.8. The molecule has 1 aromatic heterocycles. The van der Waals surface area contributed by atoms with Gasteiger partial charge in [0.15, 0.2) is 0 Å². The molecule has 7 heteroatoms. The first-order chi connectivity index (χ1) is 11.5. The fourth-order valence-corrected chi connectivity index (χ4v) is 3.35. The van der Waals surface area contributed by atoms with Crippen LogP contribution in [0.5, 0.6) is 0 Å². The van der Waals surface area contributed by atoms with Crippen molar-refractivity contribution in [1.29, 1.82) is 0 Å². The number of halogens is 1. The van der Waals surface area contributed by atoms with Gasteiger partial charge in [-0.15, -0.1) is 0 Å². The topological polar surface area (TPSA) is 99.3 Å². The van der Waals surface area contributed by atoms with Crippen molar-refractivity contribution in [2.45, 2.75) is 25.7 Å². The van der Waals surface area contributed by atoms with Crippen LogP contribution in [0.15, 0.2) is 29.2 Å². The highest BCUT2D eigenvalue weighted by molar-refractivity contribution is 6.34. The summed E-state index contributed by atoms with van der Waals surface area (Å²) >= 11 is 6.18. The molecular formula is C17H17ClN2O4. The maximum absolute atomic E-state index is 12.4. The van der Waals surface area contributed by atoms with Crippen molar-refractivity contribution in [2.24, 2.45) is 11.8 Å². The van der Waals surface area contributed by atoms with E-state index in [1.807, 2.05) is 0 Å². The molecular weight excluding hydrogens is 332 g/mol. The number of carbonyl (C=O) groups excluding carboxylic acids is 1. The third-order valence-electron chi connectivity index (χ3n) is 4.57. The van der Waals surface area contributed by atoms with E-state index in [1.165, 1.54) is 12.3 Å². The van der Waals surface area contributed by atoms with Crippen molar-refractivity contribution < 1.29 is 14.7 Å². The number of carbonyl (C=O) groups is 2. The number of hydrogen-bond donors (Lipinski definition) is 3. The van der Waals surface area contributed by atoms with Crippen LogP contribution >= 0.6 is 11.6 Å².